The van der Waals surface area contributed by atoms with Crippen molar-refractivity contribution in [1.29, 1.82) is 0 Å². The van der Waals surface area contributed by atoms with E-state index in [9.17, 15) is 4.79 Å². The van der Waals surface area contributed by atoms with E-state index in [1.807, 2.05) is 14.0 Å². The number of aromatic nitrogens is 2. The Morgan fingerprint density at radius 1 is 1.59 bits per heavy atom. The molecule has 1 unspecified atom stereocenters. The molecule has 17 heavy (non-hydrogen) atoms. The van der Waals surface area contributed by atoms with Crippen LogP contribution in [0.1, 0.15) is 31.5 Å². The van der Waals surface area contributed by atoms with Gasteiger partial charge in [-0.1, -0.05) is 6.92 Å². The van der Waals surface area contributed by atoms with E-state index in [-0.39, 0.29) is 5.91 Å². The fraction of sp³-hybridized carbons (Fsp3) is 0.667. The number of amides is 1. The lowest BCUT2D eigenvalue weighted by molar-refractivity contribution is -0.120. The van der Waals surface area contributed by atoms with Crippen LogP contribution in [-0.2, 0) is 18.4 Å². The average molecular weight is 238 g/mol. The molecule has 0 aliphatic rings. The monoisotopic (exact) mass is 238 g/mol. The fourth-order valence-corrected chi connectivity index (χ4v) is 1.39. The van der Waals surface area contributed by atoms with Gasteiger partial charge in [0.05, 0.1) is 12.7 Å². The quantitative estimate of drug-likeness (QED) is 0.768. The number of hydrogen-bond acceptors (Lipinski definition) is 3. The molecule has 0 saturated carbocycles. The number of carbonyl (C=O) groups excluding carboxylic acids is 1. The Labute approximate surface area is 103 Å². The van der Waals surface area contributed by atoms with Gasteiger partial charge in [0.15, 0.2) is 0 Å². The van der Waals surface area contributed by atoms with E-state index in [1.165, 1.54) is 0 Å². The maximum atomic E-state index is 11.6. The van der Waals surface area contributed by atoms with Crippen molar-refractivity contribution in [2.24, 2.45) is 7.05 Å². The van der Waals surface area contributed by atoms with Gasteiger partial charge in [-0.2, -0.15) is 5.10 Å². The van der Waals surface area contributed by atoms with Gasteiger partial charge in [-0.25, -0.2) is 0 Å². The fourth-order valence-electron chi connectivity index (χ4n) is 1.39. The summed E-state index contributed by atoms with van der Waals surface area (Å²) < 4.78 is 1.80. The zero-order chi connectivity index (χ0) is 12.8. The zero-order valence-electron chi connectivity index (χ0n) is 11.1. The second kappa shape index (κ2) is 6.39. The summed E-state index contributed by atoms with van der Waals surface area (Å²) in [5.74, 6) is 0.0218. The van der Waals surface area contributed by atoms with Crippen LogP contribution < -0.4 is 10.6 Å². The summed E-state index contributed by atoms with van der Waals surface area (Å²) in [6.07, 6.45) is 2.81. The number of nitrogens with one attached hydrogen (secondary N) is 2. The normalized spacial score (nSPS) is 12.5. The summed E-state index contributed by atoms with van der Waals surface area (Å²) in [5.41, 5.74) is 2.14. The predicted molar refractivity (Wildman–Crippen MR) is 67.5 cm³/mol. The van der Waals surface area contributed by atoms with Crippen molar-refractivity contribution < 1.29 is 4.79 Å². The van der Waals surface area contributed by atoms with Gasteiger partial charge in [0.1, 0.15) is 0 Å². The summed E-state index contributed by atoms with van der Waals surface area (Å²) >= 11 is 0. The standard InChI is InChI=1S/C12H22N4O/c1-5-9(2)13-8-12(17)14-6-11-7-15-16(4)10(11)3/h7,9,13H,5-6,8H2,1-4H3,(H,14,17). The van der Waals surface area contributed by atoms with E-state index in [0.717, 1.165) is 17.7 Å². The van der Waals surface area contributed by atoms with Crippen LogP contribution in [0.15, 0.2) is 6.20 Å². The lowest BCUT2D eigenvalue weighted by Crippen LogP contribution is -2.37. The Balaban J connectivity index is 2.31. The largest absolute Gasteiger partial charge is 0.351 e. The van der Waals surface area contributed by atoms with Crippen molar-refractivity contribution in [3.05, 3.63) is 17.5 Å². The van der Waals surface area contributed by atoms with Crippen LogP contribution in [0.2, 0.25) is 0 Å². The molecule has 1 amide bonds. The van der Waals surface area contributed by atoms with E-state index in [0.29, 0.717) is 19.1 Å². The molecule has 0 saturated heterocycles. The van der Waals surface area contributed by atoms with Crippen molar-refractivity contribution >= 4 is 5.91 Å². The molecule has 1 heterocycles. The Morgan fingerprint density at radius 3 is 2.82 bits per heavy atom. The first-order valence-electron chi connectivity index (χ1n) is 6.02. The van der Waals surface area contributed by atoms with Gasteiger partial charge in [-0.15, -0.1) is 0 Å². The highest BCUT2D eigenvalue weighted by molar-refractivity contribution is 5.78. The molecule has 1 aromatic heterocycles. The topological polar surface area (TPSA) is 59.0 Å². The van der Waals surface area contributed by atoms with Crippen LogP contribution in [0.3, 0.4) is 0 Å². The van der Waals surface area contributed by atoms with Crippen molar-refractivity contribution in [3.63, 3.8) is 0 Å². The molecular weight excluding hydrogens is 216 g/mol. The van der Waals surface area contributed by atoms with Gasteiger partial charge in [0, 0.05) is 30.9 Å². The Morgan fingerprint density at radius 2 is 2.29 bits per heavy atom. The van der Waals surface area contributed by atoms with Gasteiger partial charge in [0.25, 0.3) is 0 Å². The molecule has 0 aliphatic carbocycles. The third-order valence-electron chi connectivity index (χ3n) is 3.04. The lowest BCUT2D eigenvalue weighted by Gasteiger charge is -2.11. The third-order valence-corrected chi connectivity index (χ3v) is 3.04. The van der Waals surface area contributed by atoms with E-state index in [4.69, 9.17) is 0 Å². The van der Waals surface area contributed by atoms with Gasteiger partial charge in [-0.05, 0) is 20.3 Å². The molecule has 5 heteroatoms. The third kappa shape index (κ3) is 4.19. The highest BCUT2D eigenvalue weighted by Gasteiger charge is 2.06. The smallest absolute Gasteiger partial charge is 0.234 e. The second-order valence-electron chi connectivity index (χ2n) is 4.35. The van der Waals surface area contributed by atoms with E-state index in [2.05, 4.69) is 29.6 Å². The molecule has 0 aromatic carbocycles. The molecular formula is C12H22N4O. The highest BCUT2D eigenvalue weighted by Crippen LogP contribution is 2.04. The molecule has 0 fully saturated rings. The van der Waals surface area contributed by atoms with Gasteiger partial charge >= 0.3 is 0 Å². The van der Waals surface area contributed by atoms with Crippen LogP contribution in [0.4, 0.5) is 0 Å². The minimum Gasteiger partial charge on any atom is -0.351 e. The van der Waals surface area contributed by atoms with E-state index < -0.39 is 0 Å². The maximum Gasteiger partial charge on any atom is 0.234 e. The first kappa shape index (κ1) is 13.7. The summed E-state index contributed by atoms with van der Waals surface area (Å²) in [5, 5.41) is 10.2. The van der Waals surface area contributed by atoms with Crippen LogP contribution in [0, 0.1) is 6.92 Å². The SMILES string of the molecule is CCC(C)NCC(=O)NCc1cnn(C)c1C. The highest BCUT2D eigenvalue weighted by atomic mass is 16.1. The van der Waals surface area contributed by atoms with Crippen molar-refractivity contribution in [3.8, 4) is 0 Å². The Bertz CT molecular complexity index is 373. The van der Waals surface area contributed by atoms with Crippen LogP contribution in [-0.4, -0.2) is 28.3 Å². The van der Waals surface area contributed by atoms with Gasteiger partial charge in [0.2, 0.25) is 5.91 Å². The molecule has 0 aliphatic heterocycles. The minimum absolute atomic E-state index is 0.0218. The number of hydrogen-bond donors (Lipinski definition) is 2. The van der Waals surface area contributed by atoms with Crippen molar-refractivity contribution in [2.45, 2.75) is 39.8 Å². The Hall–Kier alpha value is -1.36. The van der Waals surface area contributed by atoms with Crippen molar-refractivity contribution in [2.75, 3.05) is 6.54 Å². The lowest BCUT2D eigenvalue weighted by atomic mass is 10.2. The predicted octanol–water partition coefficient (Wildman–Crippen LogP) is 0.733. The maximum absolute atomic E-state index is 11.6. The van der Waals surface area contributed by atoms with Crippen LogP contribution in [0.25, 0.3) is 0 Å². The molecule has 1 atom stereocenters. The molecule has 0 spiro atoms. The molecule has 0 radical (unpaired) electrons. The van der Waals surface area contributed by atoms with Gasteiger partial charge in [-0.3, -0.25) is 9.48 Å². The summed E-state index contributed by atoms with van der Waals surface area (Å²) in [6.45, 7) is 7.06. The van der Waals surface area contributed by atoms with E-state index >= 15 is 0 Å². The Kier molecular flexibility index (Phi) is 5.15. The second-order valence-corrected chi connectivity index (χ2v) is 4.35. The van der Waals surface area contributed by atoms with E-state index in [1.54, 1.807) is 10.9 Å². The van der Waals surface area contributed by atoms with Crippen molar-refractivity contribution in [1.82, 2.24) is 20.4 Å². The molecule has 1 aromatic rings. The number of aryl methyl sites for hydroxylation is 1. The minimum atomic E-state index is 0.0218. The number of rotatable bonds is 6. The first-order valence-corrected chi connectivity index (χ1v) is 6.02. The number of nitrogens with zero attached hydrogens (tertiary/aromatic N) is 2. The molecule has 2 N–H and O–H groups in total. The molecule has 0 bridgehead atoms. The summed E-state index contributed by atoms with van der Waals surface area (Å²) in [7, 11) is 1.89. The molecule has 1 rings (SSSR count). The molecule has 5 nitrogen and oxygen atoms in total. The summed E-state index contributed by atoms with van der Waals surface area (Å²) in [6, 6.07) is 0.376. The molecule has 96 valence electrons. The zero-order valence-corrected chi connectivity index (χ0v) is 11.1. The number of carbonyl (C=O) groups is 1. The van der Waals surface area contributed by atoms with Crippen LogP contribution in [0.5, 0.6) is 0 Å². The average Bonchev–Trinajstić information content (AvgIpc) is 2.64. The first-order chi connectivity index (χ1) is 8.04. The summed E-state index contributed by atoms with van der Waals surface area (Å²) in [4.78, 5) is 11.6. The van der Waals surface area contributed by atoms with Crippen LogP contribution >= 0.6 is 0 Å². The van der Waals surface area contributed by atoms with Gasteiger partial charge < -0.3 is 10.6 Å².